The molecule has 1 N–H and O–H groups in total. The minimum atomic E-state index is -0.613. The van der Waals surface area contributed by atoms with Gasteiger partial charge in [-0.1, -0.05) is 32.9 Å². The van der Waals surface area contributed by atoms with Crippen LogP contribution in [0, 0.1) is 26.7 Å². The van der Waals surface area contributed by atoms with Gasteiger partial charge in [0.15, 0.2) is 0 Å². The van der Waals surface area contributed by atoms with E-state index in [4.69, 9.17) is 0 Å². The van der Waals surface area contributed by atoms with E-state index in [1.807, 2.05) is 0 Å². The zero-order chi connectivity index (χ0) is 15.6. The predicted molar refractivity (Wildman–Crippen MR) is 94.3 cm³/mol. The van der Waals surface area contributed by atoms with Crippen LogP contribution >= 0.6 is 22.6 Å². The molecule has 3 atom stereocenters. The minimum absolute atomic E-state index is 0.178. The Morgan fingerprint density at radius 2 is 1.86 bits per heavy atom. The number of carbonyl (C=O) groups is 1. The van der Waals surface area contributed by atoms with Crippen molar-refractivity contribution in [3.8, 4) is 0 Å². The van der Waals surface area contributed by atoms with Crippen molar-refractivity contribution in [3.63, 3.8) is 0 Å². The number of benzene rings is 1. The Labute approximate surface area is 141 Å². The second kappa shape index (κ2) is 6.67. The maximum absolute atomic E-state index is 11.6. The monoisotopic (exact) mass is 400 g/mol. The molecule has 1 aliphatic carbocycles. The molecule has 0 heterocycles. The van der Waals surface area contributed by atoms with Crippen LogP contribution in [-0.2, 0) is 11.2 Å². The number of carboxylic acid groups (broad SMARTS) is 1. The second-order valence-corrected chi connectivity index (χ2v) is 8.66. The molecule has 0 bridgehead atoms. The van der Waals surface area contributed by atoms with Gasteiger partial charge in [-0.3, -0.25) is 4.79 Å². The van der Waals surface area contributed by atoms with Crippen molar-refractivity contribution < 1.29 is 9.90 Å². The summed E-state index contributed by atoms with van der Waals surface area (Å²) in [5, 5.41) is 9.52. The summed E-state index contributed by atoms with van der Waals surface area (Å²) in [6, 6.07) is 8.49. The quantitative estimate of drug-likeness (QED) is 0.726. The smallest absolute Gasteiger partial charge is 0.306 e. The molecule has 1 saturated carbocycles. The molecule has 1 aliphatic rings. The van der Waals surface area contributed by atoms with E-state index >= 15 is 0 Å². The molecule has 2 nitrogen and oxygen atoms in total. The summed E-state index contributed by atoms with van der Waals surface area (Å²) in [6.45, 7) is 6.84. The molecule has 0 saturated heterocycles. The van der Waals surface area contributed by atoms with Gasteiger partial charge < -0.3 is 5.11 Å². The zero-order valence-electron chi connectivity index (χ0n) is 13.1. The van der Waals surface area contributed by atoms with E-state index < -0.39 is 5.97 Å². The molecule has 1 fully saturated rings. The Hall–Kier alpha value is -0.580. The molecule has 0 radical (unpaired) electrons. The van der Waals surface area contributed by atoms with E-state index in [1.165, 1.54) is 9.13 Å². The molecule has 21 heavy (non-hydrogen) atoms. The molecule has 0 spiro atoms. The van der Waals surface area contributed by atoms with Crippen LogP contribution in [0.4, 0.5) is 0 Å². The minimum Gasteiger partial charge on any atom is -0.481 e. The van der Waals surface area contributed by atoms with Crippen molar-refractivity contribution in [1.29, 1.82) is 0 Å². The average molecular weight is 400 g/mol. The van der Waals surface area contributed by atoms with E-state index in [0.29, 0.717) is 5.92 Å². The molecular formula is C18H25IO2. The maximum Gasteiger partial charge on any atom is 0.306 e. The van der Waals surface area contributed by atoms with Crippen LogP contribution in [0.25, 0.3) is 0 Å². The number of hydrogen-bond donors (Lipinski definition) is 1. The third-order valence-electron chi connectivity index (χ3n) is 4.94. The van der Waals surface area contributed by atoms with Gasteiger partial charge in [0.2, 0.25) is 0 Å². The van der Waals surface area contributed by atoms with Gasteiger partial charge in [-0.25, -0.2) is 0 Å². The van der Waals surface area contributed by atoms with Gasteiger partial charge in [0.1, 0.15) is 0 Å². The first-order chi connectivity index (χ1) is 9.77. The largest absolute Gasteiger partial charge is 0.481 e. The van der Waals surface area contributed by atoms with E-state index in [0.717, 1.165) is 25.7 Å². The highest BCUT2D eigenvalue weighted by Crippen LogP contribution is 2.43. The zero-order valence-corrected chi connectivity index (χ0v) is 15.3. The first-order valence-corrected chi connectivity index (χ1v) is 8.82. The van der Waals surface area contributed by atoms with E-state index in [2.05, 4.69) is 67.6 Å². The third kappa shape index (κ3) is 4.44. The van der Waals surface area contributed by atoms with Crippen LogP contribution in [-0.4, -0.2) is 11.1 Å². The number of hydrogen-bond acceptors (Lipinski definition) is 1. The van der Waals surface area contributed by atoms with Crippen LogP contribution in [0.2, 0.25) is 0 Å². The van der Waals surface area contributed by atoms with Gasteiger partial charge in [0, 0.05) is 3.57 Å². The van der Waals surface area contributed by atoms with Crippen LogP contribution in [0.15, 0.2) is 24.3 Å². The lowest BCUT2D eigenvalue weighted by molar-refractivity contribution is -0.146. The van der Waals surface area contributed by atoms with Crippen molar-refractivity contribution in [2.45, 2.75) is 46.5 Å². The van der Waals surface area contributed by atoms with Crippen LogP contribution in [0.3, 0.4) is 0 Å². The highest BCUT2D eigenvalue weighted by atomic mass is 127. The summed E-state index contributed by atoms with van der Waals surface area (Å²) in [7, 11) is 0. The lowest BCUT2D eigenvalue weighted by atomic mass is 9.64. The highest BCUT2D eigenvalue weighted by Gasteiger charge is 2.38. The topological polar surface area (TPSA) is 37.3 Å². The standard InChI is InChI=1S/C18H25IO2/c1-18(2,3)14-6-9-16(17(20)21)13(11-14)10-12-4-7-15(19)8-5-12/h4-5,7-8,13-14,16H,6,9-11H2,1-3H3,(H,20,21). The van der Waals surface area contributed by atoms with Crippen molar-refractivity contribution in [3.05, 3.63) is 33.4 Å². The normalized spacial score (nSPS) is 26.6. The van der Waals surface area contributed by atoms with Crippen LogP contribution in [0.1, 0.15) is 45.6 Å². The number of carboxylic acids is 1. The molecule has 0 amide bonds. The summed E-state index contributed by atoms with van der Waals surface area (Å²) in [5.74, 6) is 0.100. The maximum atomic E-state index is 11.6. The van der Waals surface area contributed by atoms with Gasteiger partial charge in [-0.2, -0.15) is 0 Å². The number of aliphatic carboxylic acids is 1. The Morgan fingerprint density at radius 3 is 2.38 bits per heavy atom. The summed E-state index contributed by atoms with van der Waals surface area (Å²) >= 11 is 2.30. The molecule has 3 heteroatoms. The average Bonchev–Trinajstić information content (AvgIpc) is 2.40. The van der Waals surface area contributed by atoms with Gasteiger partial charge in [0.05, 0.1) is 5.92 Å². The predicted octanol–water partition coefficient (Wildman–Crippen LogP) is 5.00. The fourth-order valence-electron chi connectivity index (χ4n) is 3.52. The first-order valence-electron chi connectivity index (χ1n) is 7.74. The summed E-state index contributed by atoms with van der Waals surface area (Å²) in [4.78, 5) is 11.6. The third-order valence-corrected chi connectivity index (χ3v) is 5.65. The van der Waals surface area contributed by atoms with Gasteiger partial charge in [0.25, 0.3) is 0 Å². The molecule has 3 unspecified atom stereocenters. The highest BCUT2D eigenvalue weighted by molar-refractivity contribution is 14.1. The molecular weight excluding hydrogens is 375 g/mol. The fraction of sp³-hybridized carbons (Fsp3) is 0.611. The van der Waals surface area contributed by atoms with E-state index in [-0.39, 0.29) is 17.3 Å². The van der Waals surface area contributed by atoms with Gasteiger partial charge in [-0.15, -0.1) is 0 Å². The van der Waals surface area contributed by atoms with Crippen molar-refractivity contribution >= 4 is 28.6 Å². The van der Waals surface area contributed by atoms with Crippen molar-refractivity contribution in [1.82, 2.24) is 0 Å². The van der Waals surface area contributed by atoms with Crippen molar-refractivity contribution in [2.75, 3.05) is 0 Å². The molecule has 2 rings (SSSR count). The Bertz CT molecular complexity index is 487. The van der Waals surface area contributed by atoms with Gasteiger partial charge in [-0.05, 0) is 83.2 Å². The summed E-state index contributed by atoms with van der Waals surface area (Å²) in [6.07, 6.45) is 3.79. The lowest BCUT2D eigenvalue weighted by Gasteiger charge is -2.40. The van der Waals surface area contributed by atoms with Crippen LogP contribution in [0.5, 0.6) is 0 Å². The Kier molecular flexibility index (Phi) is 5.33. The van der Waals surface area contributed by atoms with Crippen LogP contribution < -0.4 is 0 Å². The number of halogens is 1. The van der Waals surface area contributed by atoms with Crippen molar-refractivity contribution in [2.24, 2.45) is 23.2 Å². The molecule has 1 aromatic rings. The molecule has 0 aromatic heterocycles. The van der Waals surface area contributed by atoms with E-state index in [1.54, 1.807) is 0 Å². The first kappa shape index (κ1) is 16.8. The molecule has 0 aliphatic heterocycles. The lowest BCUT2D eigenvalue weighted by Crippen LogP contribution is -2.36. The van der Waals surface area contributed by atoms with E-state index in [9.17, 15) is 9.90 Å². The Balaban J connectivity index is 2.14. The Morgan fingerprint density at radius 1 is 1.24 bits per heavy atom. The SMILES string of the molecule is CC(C)(C)C1CCC(C(=O)O)C(Cc2ccc(I)cc2)C1. The summed E-state index contributed by atoms with van der Waals surface area (Å²) < 4.78 is 1.22. The molecule has 116 valence electrons. The number of rotatable bonds is 3. The molecule has 1 aromatic carbocycles. The second-order valence-electron chi connectivity index (χ2n) is 7.41. The van der Waals surface area contributed by atoms with Gasteiger partial charge >= 0.3 is 5.97 Å². The fourth-order valence-corrected chi connectivity index (χ4v) is 3.88. The summed E-state index contributed by atoms with van der Waals surface area (Å²) in [5.41, 5.74) is 1.54.